The number of carbonyl (C=O) groups is 2. The second kappa shape index (κ2) is 7.40. The van der Waals surface area contributed by atoms with Crippen LogP contribution in [0.4, 0.5) is 5.82 Å². The third-order valence-electron chi connectivity index (χ3n) is 4.12. The van der Waals surface area contributed by atoms with Gasteiger partial charge in [-0.3, -0.25) is 14.5 Å². The number of benzene rings is 1. The molecule has 1 aromatic heterocycles. The van der Waals surface area contributed by atoms with E-state index >= 15 is 0 Å². The summed E-state index contributed by atoms with van der Waals surface area (Å²) >= 11 is 0. The van der Waals surface area contributed by atoms with Crippen molar-refractivity contribution >= 4 is 18.0 Å². The lowest BCUT2D eigenvalue weighted by Crippen LogP contribution is -2.30. The number of amides is 1. The summed E-state index contributed by atoms with van der Waals surface area (Å²) in [5, 5.41) is 0. The van der Waals surface area contributed by atoms with Crippen LogP contribution in [0.2, 0.25) is 0 Å². The van der Waals surface area contributed by atoms with Crippen molar-refractivity contribution in [2.45, 2.75) is 19.4 Å². The zero-order valence-corrected chi connectivity index (χ0v) is 14.1. The van der Waals surface area contributed by atoms with Crippen molar-refractivity contribution in [3.05, 3.63) is 47.2 Å². The molecule has 25 heavy (non-hydrogen) atoms. The quantitative estimate of drug-likeness (QED) is 0.566. The third kappa shape index (κ3) is 3.51. The van der Waals surface area contributed by atoms with E-state index in [2.05, 4.69) is 9.97 Å². The van der Waals surface area contributed by atoms with E-state index in [1.807, 2.05) is 19.1 Å². The fraction of sp³-hybridized carbons (Fsp3) is 0.333. The van der Waals surface area contributed by atoms with Crippen LogP contribution in [0.15, 0.2) is 30.5 Å². The summed E-state index contributed by atoms with van der Waals surface area (Å²) in [6.07, 6.45) is 2.69. The van der Waals surface area contributed by atoms with Gasteiger partial charge < -0.3 is 9.47 Å². The molecule has 0 radical (unpaired) electrons. The highest BCUT2D eigenvalue weighted by Gasteiger charge is 2.34. The first-order chi connectivity index (χ1) is 12.1. The van der Waals surface area contributed by atoms with Gasteiger partial charge in [0.05, 0.1) is 19.1 Å². The van der Waals surface area contributed by atoms with Gasteiger partial charge in [-0.1, -0.05) is 24.3 Å². The van der Waals surface area contributed by atoms with Gasteiger partial charge in [-0.2, -0.15) is 4.98 Å². The van der Waals surface area contributed by atoms with Crippen molar-refractivity contribution in [1.82, 2.24) is 9.97 Å². The maximum atomic E-state index is 12.5. The molecule has 1 aliphatic heterocycles. The number of rotatable bonds is 7. The summed E-state index contributed by atoms with van der Waals surface area (Å²) in [5.41, 5.74) is 2.30. The molecule has 7 nitrogen and oxygen atoms in total. The van der Waals surface area contributed by atoms with E-state index in [9.17, 15) is 9.59 Å². The highest BCUT2D eigenvalue weighted by Crippen LogP contribution is 2.34. The number of ether oxygens (including phenoxy) is 2. The van der Waals surface area contributed by atoms with Crippen LogP contribution in [0.25, 0.3) is 0 Å². The van der Waals surface area contributed by atoms with Crippen LogP contribution in [0.1, 0.15) is 34.5 Å². The topological polar surface area (TPSA) is 81.6 Å². The number of aromatic nitrogens is 2. The number of hydrogen-bond donors (Lipinski definition) is 0. The van der Waals surface area contributed by atoms with Crippen LogP contribution in [-0.4, -0.2) is 42.5 Å². The Hall–Kier alpha value is -2.80. The summed E-state index contributed by atoms with van der Waals surface area (Å²) in [6, 6.07) is 7.17. The molecule has 130 valence electrons. The molecule has 2 aromatic rings. The zero-order valence-electron chi connectivity index (χ0n) is 14.1. The van der Waals surface area contributed by atoms with E-state index in [-0.39, 0.29) is 24.4 Å². The molecule has 0 bridgehead atoms. The third-order valence-corrected chi connectivity index (χ3v) is 4.12. The van der Waals surface area contributed by atoms with Gasteiger partial charge in [-0.25, -0.2) is 4.98 Å². The van der Waals surface area contributed by atoms with E-state index in [1.165, 1.54) is 0 Å². The van der Waals surface area contributed by atoms with Gasteiger partial charge in [-0.15, -0.1) is 0 Å². The fourth-order valence-electron chi connectivity index (χ4n) is 2.77. The van der Waals surface area contributed by atoms with Crippen molar-refractivity contribution in [1.29, 1.82) is 0 Å². The summed E-state index contributed by atoms with van der Waals surface area (Å²) in [6.45, 7) is 2.70. The van der Waals surface area contributed by atoms with Crippen LogP contribution in [0, 0.1) is 0 Å². The van der Waals surface area contributed by atoms with Crippen LogP contribution in [-0.2, 0) is 16.0 Å². The highest BCUT2D eigenvalue weighted by molar-refractivity contribution is 6.00. The van der Waals surface area contributed by atoms with Crippen molar-refractivity contribution in [3.63, 3.8) is 0 Å². The van der Waals surface area contributed by atoms with Gasteiger partial charge in [0.2, 0.25) is 5.91 Å². The minimum atomic E-state index is -0.212. The molecule has 0 aliphatic carbocycles. The lowest BCUT2D eigenvalue weighted by molar-refractivity contribution is -0.117. The lowest BCUT2D eigenvalue weighted by atomic mass is 10.1. The predicted octanol–water partition coefficient (Wildman–Crippen LogP) is 1.96. The second-order valence-electron chi connectivity index (χ2n) is 5.74. The molecular weight excluding hydrogens is 322 g/mol. The average molecular weight is 341 g/mol. The van der Waals surface area contributed by atoms with Gasteiger partial charge in [0, 0.05) is 24.4 Å². The van der Waals surface area contributed by atoms with E-state index < -0.39 is 0 Å². The van der Waals surface area contributed by atoms with Crippen LogP contribution >= 0.6 is 0 Å². The number of carbonyl (C=O) groups excluding carboxylic acids is 2. The predicted molar refractivity (Wildman–Crippen MR) is 90.8 cm³/mol. The highest BCUT2D eigenvalue weighted by atomic mass is 16.5. The first kappa shape index (κ1) is 17.0. The second-order valence-corrected chi connectivity index (χ2v) is 5.74. The maximum Gasteiger partial charge on any atom is 0.318 e. The molecule has 0 saturated heterocycles. The van der Waals surface area contributed by atoms with E-state index in [4.69, 9.17) is 9.47 Å². The number of methoxy groups -OCH3 is 1. The Morgan fingerprint density at radius 2 is 2.04 bits per heavy atom. The van der Waals surface area contributed by atoms with E-state index in [0.717, 1.165) is 17.4 Å². The van der Waals surface area contributed by atoms with Gasteiger partial charge in [0.1, 0.15) is 18.7 Å². The first-order valence-electron chi connectivity index (χ1n) is 7.99. The Morgan fingerprint density at radius 3 is 2.72 bits per heavy atom. The largest absolute Gasteiger partial charge is 0.461 e. The molecule has 0 spiro atoms. The Balaban J connectivity index is 1.85. The van der Waals surface area contributed by atoms with Crippen molar-refractivity contribution in [2.24, 2.45) is 0 Å². The minimum absolute atomic E-state index is 0.0368. The molecule has 2 heterocycles. The number of nitrogens with zero attached hydrogens (tertiary/aromatic N) is 3. The monoisotopic (exact) mass is 341 g/mol. The number of aldehydes is 1. The molecule has 1 aromatic carbocycles. The molecule has 1 atom stereocenters. The van der Waals surface area contributed by atoms with Crippen molar-refractivity contribution < 1.29 is 19.1 Å². The number of hydrogen-bond acceptors (Lipinski definition) is 6. The van der Waals surface area contributed by atoms with Gasteiger partial charge >= 0.3 is 6.01 Å². The summed E-state index contributed by atoms with van der Waals surface area (Å²) < 4.78 is 10.4. The lowest BCUT2D eigenvalue weighted by Gasteiger charge is -2.25. The van der Waals surface area contributed by atoms with E-state index in [0.29, 0.717) is 24.6 Å². The maximum absolute atomic E-state index is 12.5. The molecule has 0 fully saturated rings. The van der Waals surface area contributed by atoms with E-state index in [1.54, 1.807) is 30.3 Å². The number of fused-ring (bicyclic) bond motifs is 1. The van der Waals surface area contributed by atoms with Crippen LogP contribution in [0.3, 0.4) is 0 Å². The molecule has 7 heteroatoms. The Labute approximate surface area is 145 Å². The minimum Gasteiger partial charge on any atom is -0.461 e. The molecule has 1 unspecified atom stereocenters. The molecule has 3 rings (SSSR count). The fourth-order valence-corrected chi connectivity index (χ4v) is 2.77. The SMILES string of the molecule is COCCOc1ncc2c(n1)N(C(C)c1ccc(C=O)cc1)C(=O)C2. The van der Waals surface area contributed by atoms with Crippen LogP contribution < -0.4 is 9.64 Å². The zero-order chi connectivity index (χ0) is 17.8. The Morgan fingerprint density at radius 1 is 1.28 bits per heavy atom. The molecular formula is C18H19N3O4. The van der Waals surface area contributed by atoms with Gasteiger partial charge in [-0.05, 0) is 12.5 Å². The smallest absolute Gasteiger partial charge is 0.318 e. The van der Waals surface area contributed by atoms with Gasteiger partial charge in [0.25, 0.3) is 0 Å². The summed E-state index contributed by atoms with van der Waals surface area (Å²) in [7, 11) is 1.59. The normalized spacial score (nSPS) is 14.3. The van der Waals surface area contributed by atoms with Gasteiger partial charge in [0.15, 0.2) is 0 Å². The number of anilines is 1. The standard InChI is InChI=1S/C18H19N3O4/c1-12(14-5-3-13(11-22)4-6-14)21-16(23)9-15-10-19-18(20-17(15)21)25-8-7-24-2/h3-6,10-12H,7-9H2,1-2H3. The molecule has 1 aliphatic rings. The average Bonchev–Trinajstić information content (AvgIpc) is 2.96. The summed E-state index contributed by atoms with van der Waals surface area (Å²) in [5.74, 6) is 0.532. The molecule has 1 amide bonds. The molecule has 0 saturated carbocycles. The summed E-state index contributed by atoms with van der Waals surface area (Å²) in [4.78, 5) is 33.5. The van der Waals surface area contributed by atoms with Crippen LogP contribution in [0.5, 0.6) is 6.01 Å². The Bertz CT molecular complexity index is 776. The Kier molecular flexibility index (Phi) is 5.04. The first-order valence-corrected chi connectivity index (χ1v) is 7.99. The van der Waals surface area contributed by atoms with Crippen molar-refractivity contribution in [3.8, 4) is 6.01 Å². The van der Waals surface area contributed by atoms with Crippen molar-refractivity contribution in [2.75, 3.05) is 25.2 Å². The molecule has 0 N–H and O–H groups in total.